The van der Waals surface area contributed by atoms with Gasteiger partial charge in [0.25, 0.3) is 0 Å². The van der Waals surface area contributed by atoms with Crippen LogP contribution < -0.4 is 4.90 Å². The second-order valence-electron chi connectivity index (χ2n) is 14.7. The minimum absolute atomic E-state index is 0.611. The first-order valence-electron chi connectivity index (χ1n) is 19.6. The van der Waals surface area contributed by atoms with Crippen molar-refractivity contribution in [3.05, 3.63) is 219 Å². The molecule has 0 unspecified atom stereocenters. The predicted octanol–water partition coefficient (Wildman–Crippen LogP) is 14.4. The van der Waals surface area contributed by atoms with E-state index in [1.165, 1.54) is 49.4 Å². The van der Waals surface area contributed by atoms with Crippen LogP contribution in [0.2, 0.25) is 0 Å². The fraction of sp³-hybridized carbons (Fsp3) is 0. The molecule has 0 fully saturated rings. The van der Waals surface area contributed by atoms with Crippen molar-refractivity contribution in [1.29, 1.82) is 0 Å². The van der Waals surface area contributed by atoms with Gasteiger partial charge in [0.15, 0.2) is 0 Å². The molecule has 4 heteroatoms. The van der Waals surface area contributed by atoms with E-state index in [0.717, 1.165) is 44.4 Å². The predicted molar refractivity (Wildman–Crippen MR) is 242 cm³/mol. The van der Waals surface area contributed by atoms with Crippen molar-refractivity contribution in [3.8, 4) is 39.1 Å². The summed E-state index contributed by atoms with van der Waals surface area (Å²) >= 11 is 0. The van der Waals surface area contributed by atoms with Gasteiger partial charge in [-0.1, -0.05) is 170 Å². The van der Waals surface area contributed by atoms with Crippen LogP contribution in [-0.4, -0.2) is 14.5 Å². The quantitative estimate of drug-likeness (QED) is 0.163. The topological polar surface area (TPSA) is 34.0 Å². The number of fused-ring (bicyclic) bond motifs is 5. The van der Waals surface area contributed by atoms with Crippen LogP contribution in [0.15, 0.2) is 219 Å². The van der Waals surface area contributed by atoms with Crippen LogP contribution in [0.1, 0.15) is 0 Å². The van der Waals surface area contributed by atoms with Crippen molar-refractivity contribution >= 4 is 60.7 Å². The van der Waals surface area contributed by atoms with E-state index in [4.69, 9.17) is 9.97 Å². The molecule has 4 nitrogen and oxygen atoms in total. The Labute approximate surface area is 336 Å². The number of hydrogen-bond acceptors (Lipinski definition) is 3. The molecule has 0 aliphatic carbocycles. The summed E-state index contributed by atoms with van der Waals surface area (Å²) in [4.78, 5) is 12.1. The first kappa shape index (κ1) is 33.5. The van der Waals surface area contributed by atoms with Gasteiger partial charge in [-0.05, 0) is 75.0 Å². The Balaban J connectivity index is 0.982. The summed E-state index contributed by atoms with van der Waals surface area (Å²) < 4.78 is 2.43. The highest BCUT2D eigenvalue weighted by Crippen LogP contribution is 2.40. The highest BCUT2D eigenvalue weighted by Gasteiger charge is 2.19. The SMILES string of the molecule is c1ccc(-c2cnc(N(c3cccc(-c4ccc(-c5ccc6c7ccccc7n(-c7cccc8ccccc78)c6c5)cc4)c3)c3cccc4ccccc34)nc2)cc1. The second kappa shape index (κ2) is 14.0. The van der Waals surface area contributed by atoms with E-state index >= 15 is 0 Å². The van der Waals surface area contributed by atoms with Crippen LogP contribution in [0.3, 0.4) is 0 Å². The Kier molecular flexibility index (Phi) is 8.11. The van der Waals surface area contributed by atoms with Crippen LogP contribution in [0.25, 0.3) is 82.4 Å². The number of rotatable bonds is 7. The summed E-state index contributed by atoms with van der Waals surface area (Å²) in [6, 6.07) is 73.6. The van der Waals surface area contributed by atoms with Gasteiger partial charge in [-0.25, -0.2) is 9.97 Å². The van der Waals surface area contributed by atoms with Gasteiger partial charge >= 0.3 is 0 Å². The van der Waals surface area contributed by atoms with Crippen molar-refractivity contribution in [3.63, 3.8) is 0 Å². The molecule has 0 saturated carbocycles. The zero-order chi connectivity index (χ0) is 38.4. The standard InChI is InChI=1S/C54H36N4/c1-2-13-37(14-3-1)44-35-55-54(56-36-44)57(50-25-11-17-40-15-4-6-21-46(40)50)45-20-10-19-42(33-45)38-27-29-39(30-28-38)43-31-32-49-48-23-8-9-24-52(48)58(53(49)34-43)51-26-12-18-41-16-5-7-22-47(41)51/h1-36H. The van der Waals surface area contributed by atoms with Crippen LogP contribution in [0.4, 0.5) is 17.3 Å². The molecule has 0 spiro atoms. The lowest BCUT2D eigenvalue weighted by atomic mass is 9.99. The van der Waals surface area contributed by atoms with Crippen LogP contribution in [0.5, 0.6) is 0 Å². The molecule has 11 aromatic rings. The zero-order valence-electron chi connectivity index (χ0n) is 31.6. The first-order valence-corrected chi connectivity index (χ1v) is 19.6. The fourth-order valence-corrected chi connectivity index (χ4v) is 8.47. The number of nitrogens with zero attached hydrogens (tertiary/aromatic N) is 4. The van der Waals surface area contributed by atoms with E-state index in [1.54, 1.807) is 0 Å². The van der Waals surface area contributed by atoms with Gasteiger partial charge in [0.05, 0.1) is 22.4 Å². The second-order valence-corrected chi connectivity index (χ2v) is 14.7. The van der Waals surface area contributed by atoms with Crippen molar-refractivity contribution in [2.75, 3.05) is 4.90 Å². The maximum Gasteiger partial charge on any atom is 0.234 e. The van der Waals surface area contributed by atoms with Crippen molar-refractivity contribution in [1.82, 2.24) is 14.5 Å². The van der Waals surface area contributed by atoms with Gasteiger partial charge in [0, 0.05) is 45.2 Å². The average molecular weight is 741 g/mol. The van der Waals surface area contributed by atoms with Gasteiger partial charge in [0.2, 0.25) is 5.95 Å². The summed E-state index contributed by atoms with van der Waals surface area (Å²) in [7, 11) is 0. The Hall–Kier alpha value is -7.82. The molecule has 0 aliphatic heterocycles. The molecule has 0 amide bonds. The molecule has 0 saturated heterocycles. The molecule has 0 radical (unpaired) electrons. The summed E-state index contributed by atoms with van der Waals surface area (Å²) in [5, 5.41) is 7.26. The van der Waals surface area contributed by atoms with Crippen molar-refractivity contribution in [2.24, 2.45) is 0 Å². The van der Waals surface area contributed by atoms with E-state index in [2.05, 4.69) is 198 Å². The number of hydrogen-bond donors (Lipinski definition) is 0. The highest BCUT2D eigenvalue weighted by atomic mass is 15.3. The summed E-state index contributed by atoms with van der Waals surface area (Å²) in [5.41, 5.74) is 12.2. The molecule has 2 heterocycles. The smallest absolute Gasteiger partial charge is 0.234 e. The minimum atomic E-state index is 0.611. The molecule has 2 aromatic heterocycles. The number of para-hydroxylation sites is 1. The van der Waals surface area contributed by atoms with Crippen LogP contribution >= 0.6 is 0 Å². The van der Waals surface area contributed by atoms with Gasteiger partial charge in [-0.2, -0.15) is 0 Å². The lowest BCUT2D eigenvalue weighted by Gasteiger charge is -2.25. The molecule has 272 valence electrons. The molecule has 0 N–H and O–H groups in total. The maximum atomic E-state index is 4.95. The van der Waals surface area contributed by atoms with E-state index < -0.39 is 0 Å². The van der Waals surface area contributed by atoms with Gasteiger partial charge < -0.3 is 4.57 Å². The Morgan fingerprint density at radius 2 is 0.879 bits per heavy atom. The largest absolute Gasteiger partial charge is 0.309 e. The fourth-order valence-electron chi connectivity index (χ4n) is 8.47. The van der Waals surface area contributed by atoms with Gasteiger partial charge in [0.1, 0.15) is 0 Å². The van der Waals surface area contributed by atoms with Crippen molar-refractivity contribution < 1.29 is 0 Å². The summed E-state index contributed by atoms with van der Waals surface area (Å²) in [6.07, 6.45) is 3.83. The third-order valence-corrected chi connectivity index (χ3v) is 11.3. The lowest BCUT2D eigenvalue weighted by Crippen LogP contribution is -2.13. The first-order chi connectivity index (χ1) is 28.8. The maximum absolute atomic E-state index is 4.95. The molecule has 0 aliphatic rings. The number of anilines is 3. The zero-order valence-corrected chi connectivity index (χ0v) is 31.6. The normalized spacial score (nSPS) is 11.4. The monoisotopic (exact) mass is 740 g/mol. The molecular formula is C54H36N4. The van der Waals surface area contributed by atoms with Gasteiger partial charge in [-0.15, -0.1) is 0 Å². The van der Waals surface area contributed by atoms with E-state index in [-0.39, 0.29) is 0 Å². The van der Waals surface area contributed by atoms with Gasteiger partial charge in [-0.3, -0.25) is 4.90 Å². The summed E-state index contributed by atoms with van der Waals surface area (Å²) in [5.74, 6) is 0.611. The lowest BCUT2D eigenvalue weighted by molar-refractivity contribution is 1.09. The molecule has 0 bridgehead atoms. The number of aromatic nitrogens is 3. The van der Waals surface area contributed by atoms with Crippen LogP contribution in [-0.2, 0) is 0 Å². The molecule has 9 aromatic carbocycles. The molecule has 11 rings (SSSR count). The number of benzene rings is 9. The third-order valence-electron chi connectivity index (χ3n) is 11.3. The highest BCUT2D eigenvalue weighted by molar-refractivity contribution is 6.11. The van der Waals surface area contributed by atoms with Crippen molar-refractivity contribution in [2.45, 2.75) is 0 Å². The Morgan fingerprint density at radius 1 is 0.345 bits per heavy atom. The molecule has 58 heavy (non-hydrogen) atoms. The van der Waals surface area contributed by atoms with Crippen LogP contribution in [0, 0.1) is 0 Å². The molecule has 0 atom stereocenters. The molecular weight excluding hydrogens is 705 g/mol. The van der Waals surface area contributed by atoms with E-state index in [1.807, 2.05) is 30.6 Å². The average Bonchev–Trinajstić information content (AvgIpc) is 3.63. The Morgan fingerprint density at radius 3 is 1.66 bits per heavy atom. The Bertz CT molecular complexity index is 3260. The minimum Gasteiger partial charge on any atom is -0.309 e. The summed E-state index contributed by atoms with van der Waals surface area (Å²) in [6.45, 7) is 0. The van der Waals surface area contributed by atoms with E-state index in [9.17, 15) is 0 Å². The third kappa shape index (κ3) is 5.78. The van der Waals surface area contributed by atoms with E-state index in [0.29, 0.717) is 5.95 Å².